The number of benzene rings is 1. The highest BCUT2D eigenvalue weighted by atomic mass is 32.1. The maximum atomic E-state index is 5.29. The average Bonchev–Trinajstić information content (AvgIpc) is 2.79. The van der Waals surface area contributed by atoms with Gasteiger partial charge in [0.05, 0.1) is 26.1 Å². The van der Waals surface area contributed by atoms with Crippen molar-refractivity contribution in [2.45, 2.75) is 12.7 Å². The average molecular weight is 264 g/mol. The third kappa shape index (κ3) is 2.18. The van der Waals surface area contributed by atoms with Gasteiger partial charge < -0.3 is 9.47 Å². The summed E-state index contributed by atoms with van der Waals surface area (Å²) in [6.45, 7) is 2.02. The van der Waals surface area contributed by atoms with Crippen LogP contribution >= 0.6 is 12.6 Å². The summed E-state index contributed by atoms with van der Waals surface area (Å²) >= 11 is 4.28. The van der Waals surface area contributed by atoms with Crippen molar-refractivity contribution in [1.82, 2.24) is 9.78 Å². The van der Waals surface area contributed by atoms with Gasteiger partial charge in [0.1, 0.15) is 0 Å². The molecule has 0 fully saturated rings. The van der Waals surface area contributed by atoms with Crippen LogP contribution in [0.15, 0.2) is 24.4 Å². The summed E-state index contributed by atoms with van der Waals surface area (Å²) in [5.74, 6) is 2.08. The van der Waals surface area contributed by atoms with Crippen molar-refractivity contribution < 1.29 is 9.47 Å². The number of methoxy groups -OCH3 is 2. The van der Waals surface area contributed by atoms with Gasteiger partial charge in [0, 0.05) is 23.1 Å². The lowest BCUT2D eigenvalue weighted by Crippen LogP contribution is -2.00. The molecule has 0 aliphatic rings. The van der Waals surface area contributed by atoms with E-state index < -0.39 is 0 Å². The van der Waals surface area contributed by atoms with Crippen LogP contribution in [0.5, 0.6) is 11.5 Å². The molecule has 5 heteroatoms. The molecule has 1 aromatic heterocycles. The van der Waals surface area contributed by atoms with E-state index in [2.05, 4.69) is 17.7 Å². The van der Waals surface area contributed by atoms with Crippen LogP contribution in [0.25, 0.3) is 5.69 Å². The smallest absolute Gasteiger partial charge is 0.162 e. The van der Waals surface area contributed by atoms with Crippen LogP contribution in [0, 0.1) is 6.92 Å². The highest BCUT2D eigenvalue weighted by Gasteiger charge is 2.10. The van der Waals surface area contributed by atoms with E-state index in [4.69, 9.17) is 9.47 Å². The van der Waals surface area contributed by atoms with Crippen molar-refractivity contribution >= 4 is 12.6 Å². The lowest BCUT2D eigenvalue weighted by atomic mass is 10.2. The van der Waals surface area contributed by atoms with E-state index in [-0.39, 0.29) is 0 Å². The molecule has 0 aliphatic heterocycles. The molecule has 0 atom stereocenters. The topological polar surface area (TPSA) is 36.3 Å². The van der Waals surface area contributed by atoms with Crippen molar-refractivity contribution in [3.8, 4) is 17.2 Å². The predicted molar refractivity (Wildman–Crippen MR) is 74.1 cm³/mol. The van der Waals surface area contributed by atoms with Crippen LogP contribution in [-0.4, -0.2) is 24.0 Å². The minimum Gasteiger partial charge on any atom is -0.493 e. The van der Waals surface area contributed by atoms with Gasteiger partial charge in [-0.2, -0.15) is 17.7 Å². The highest BCUT2D eigenvalue weighted by molar-refractivity contribution is 7.79. The first-order valence-electron chi connectivity index (χ1n) is 5.58. The number of aromatic nitrogens is 2. The van der Waals surface area contributed by atoms with Gasteiger partial charge in [-0.15, -0.1) is 0 Å². The molecule has 1 aromatic carbocycles. The Morgan fingerprint density at radius 3 is 2.50 bits per heavy atom. The van der Waals surface area contributed by atoms with Gasteiger partial charge in [-0.1, -0.05) is 0 Å². The van der Waals surface area contributed by atoms with Gasteiger partial charge in [-0.25, -0.2) is 4.68 Å². The third-order valence-electron chi connectivity index (χ3n) is 2.89. The van der Waals surface area contributed by atoms with Gasteiger partial charge >= 0.3 is 0 Å². The Morgan fingerprint density at radius 2 is 1.94 bits per heavy atom. The lowest BCUT2D eigenvalue weighted by molar-refractivity contribution is 0.354. The standard InChI is InChI=1S/C13H16N2O2S/c1-9-10(8-18)7-14-15(9)11-4-5-12(16-2)13(6-11)17-3/h4-7,18H,8H2,1-3H3. The van der Waals surface area contributed by atoms with Crippen LogP contribution in [0.2, 0.25) is 0 Å². The Labute approximate surface area is 112 Å². The molecular weight excluding hydrogens is 248 g/mol. The molecule has 0 aliphatic carbocycles. The molecule has 0 N–H and O–H groups in total. The fourth-order valence-corrected chi connectivity index (χ4v) is 2.13. The van der Waals surface area contributed by atoms with Crippen molar-refractivity contribution in [3.63, 3.8) is 0 Å². The Kier molecular flexibility index (Phi) is 3.81. The van der Waals surface area contributed by atoms with Crippen molar-refractivity contribution in [1.29, 1.82) is 0 Å². The largest absolute Gasteiger partial charge is 0.493 e. The minimum atomic E-state index is 0.680. The van der Waals surface area contributed by atoms with Crippen LogP contribution in [0.4, 0.5) is 0 Å². The molecule has 0 saturated heterocycles. The monoisotopic (exact) mass is 264 g/mol. The van der Waals surface area contributed by atoms with Gasteiger partial charge in [0.15, 0.2) is 11.5 Å². The molecule has 18 heavy (non-hydrogen) atoms. The van der Waals surface area contributed by atoms with Crippen LogP contribution < -0.4 is 9.47 Å². The quantitative estimate of drug-likeness (QED) is 0.862. The lowest BCUT2D eigenvalue weighted by Gasteiger charge is -2.10. The molecule has 4 nitrogen and oxygen atoms in total. The van der Waals surface area contributed by atoms with Crippen molar-refractivity contribution in [3.05, 3.63) is 35.7 Å². The van der Waals surface area contributed by atoms with E-state index in [0.29, 0.717) is 17.3 Å². The van der Waals surface area contributed by atoms with Gasteiger partial charge in [-0.05, 0) is 19.1 Å². The van der Waals surface area contributed by atoms with Gasteiger partial charge in [0.2, 0.25) is 0 Å². The summed E-state index contributed by atoms with van der Waals surface area (Å²) in [6, 6.07) is 5.72. The number of hydrogen-bond donors (Lipinski definition) is 1. The molecule has 0 unspecified atom stereocenters. The van der Waals surface area contributed by atoms with E-state index in [9.17, 15) is 0 Å². The summed E-state index contributed by atoms with van der Waals surface area (Å²) in [5.41, 5.74) is 3.14. The van der Waals surface area contributed by atoms with E-state index in [1.54, 1.807) is 14.2 Å². The van der Waals surface area contributed by atoms with E-state index >= 15 is 0 Å². The van der Waals surface area contributed by atoms with E-state index in [0.717, 1.165) is 16.9 Å². The fraction of sp³-hybridized carbons (Fsp3) is 0.308. The summed E-state index contributed by atoms with van der Waals surface area (Å²) in [6.07, 6.45) is 1.83. The maximum absolute atomic E-state index is 5.29. The van der Waals surface area contributed by atoms with Crippen molar-refractivity contribution in [2.75, 3.05) is 14.2 Å². The molecule has 0 amide bonds. The number of hydrogen-bond acceptors (Lipinski definition) is 4. The molecule has 2 rings (SSSR count). The van der Waals surface area contributed by atoms with Crippen LogP contribution in [-0.2, 0) is 5.75 Å². The minimum absolute atomic E-state index is 0.680. The van der Waals surface area contributed by atoms with E-state index in [1.165, 1.54) is 0 Å². The van der Waals surface area contributed by atoms with Crippen LogP contribution in [0.3, 0.4) is 0 Å². The summed E-state index contributed by atoms with van der Waals surface area (Å²) < 4.78 is 12.4. The molecule has 0 bridgehead atoms. The second-order valence-corrected chi connectivity index (χ2v) is 4.18. The SMILES string of the molecule is COc1ccc(-n2ncc(CS)c2C)cc1OC. The number of nitrogens with zero attached hydrogens (tertiary/aromatic N) is 2. The predicted octanol–water partition coefficient (Wildman–Crippen LogP) is 2.63. The molecule has 0 radical (unpaired) electrons. The summed E-state index contributed by atoms with van der Waals surface area (Å²) in [4.78, 5) is 0. The number of ether oxygens (including phenoxy) is 2. The first-order chi connectivity index (χ1) is 8.71. The summed E-state index contributed by atoms with van der Waals surface area (Å²) in [7, 11) is 3.24. The molecule has 96 valence electrons. The molecule has 2 aromatic rings. The number of rotatable bonds is 4. The Balaban J connectivity index is 2.47. The van der Waals surface area contributed by atoms with Gasteiger partial charge in [-0.3, -0.25) is 0 Å². The first-order valence-corrected chi connectivity index (χ1v) is 6.21. The Bertz CT molecular complexity index is 552. The molecule has 1 heterocycles. The number of thiol groups is 1. The zero-order valence-corrected chi connectivity index (χ0v) is 11.6. The Morgan fingerprint density at radius 1 is 1.22 bits per heavy atom. The van der Waals surface area contributed by atoms with Crippen LogP contribution in [0.1, 0.15) is 11.3 Å². The molecular formula is C13H16N2O2S. The van der Waals surface area contributed by atoms with E-state index in [1.807, 2.05) is 36.0 Å². The fourth-order valence-electron chi connectivity index (χ4n) is 1.82. The Hall–Kier alpha value is -1.62. The zero-order chi connectivity index (χ0) is 13.1. The molecule has 0 saturated carbocycles. The second kappa shape index (κ2) is 5.35. The summed E-state index contributed by atoms with van der Waals surface area (Å²) in [5, 5.41) is 4.36. The normalized spacial score (nSPS) is 10.4. The third-order valence-corrected chi connectivity index (χ3v) is 3.23. The maximum Gasteiger partial charge on any atom is 0.162 e. The molecule has 0 spiro atoms. The second-order valence-electron chi connectivity index (χ2n) is 3.86. The van der Waals surface area contributed by atoms with Crippen molar-refractivity contribution in [2.24, 2.45) is 0 Å². The highest BCUT2D eigenvalue weighted by Crippen LogP contribution is 2.29. The van der Waals surface area contributed by atoms with Gasteiger partial charge in [0.25, 0.3) is 0 Å². The zero-order valence-electron chi connectivity index (χ0n) is 10.7. The first kappa shape index (κ1) is 12.8.